The molecular weight excluding hydrogens is 230 g/mol. The first-order chi connectivity index (χ1) is 8.81. The van der Waals surface area contributed by atoms with Gasteiger partial charge in [-0.3, -0.25) is 9.48 Å². The summed E-state index contributed by atoms with van der Waals surface area (Å²) >= 11 is 0. The lowest BCUT2D eigenvalue weighted by atomic mass is 10.0. The molecule has 2 aliphatic rings. The number of amides is 1. The summed E-state index contributed by atoms with van der Waals surface area (Å²) in [6.07, 6.45) is 7.92. The summed E-state index contributed by atoms with van der Waals surface area (Å²) in [5.74, 6) is 1.02. The molecule has 1 aliphatic carbocycles. The maximum atomic E-state index is 11.6. The Bertz CT molecular complexity index is 420. The fourth-order valence-corrected chi connectivity index (χ4v) is 2.31. The Balaban J connectivity index is 1.53. The van der Waals surface area contributed by atoms with Crippen LogP contribution in [-0.4, -0.2) is 28.9 Å². The minimum atomic E-state index is 0.139. The Morgan fingerprint density at radius 2 is 2.17 bits per heavy atom. The van der Waals surface area contributed by atoms with Gasteiger partial charge in [0.25, 0.3) is 0 Å². The normalized spacial score (nSPS) is 20.9. The van der Waals surface area contributed by atoms with Gasteiger partial charge in [0.05, 0.1) is 11.9 Å². The molecule has 2 heterocycles. The molecule has 1 aliphatic heterocycles. The number of carbonyl (C=O) groups excluding carboxylic acids is 1. The standard InChI is InChI=1S/C13H19N3O2/c17-13(11-1-2-11)15-12-7-14-16(9-12)8-10-3-5-18-6-4-10/h7,9-11H,1-6,8H2,(H,15,17). The minimum Gasteiger partial charge on any atom is -0.381 e. The Labute approximate surface area is 107 Å². The molecule has 1 aromatic rings. The fraction of sp³-hybridized carbons (Fsp3) is 0.692. The number of hydrogen-bond donors (Lipinski definition) is 1. The van der Waals surface area contributed by atoms with Gasteiger partial charge in [0.2, 0.25) is 5.91 Å². The summed E-state index contributed by atoms with van der Waals surface area (Å²) in [7, 11) is 0. The van der Waals surface area contributed by atoms with Crippen molar-refractivity contribution in [3.8, 4) is 0 Å². The number of ether oxygens (including phenoxy) is 1. The predicted octanol–water partition coefficient (Wildman–Crippen LogP) is 1.66. The quantitative estimate of drug-likeness (QED) is 0.883. The molecular formula is C13H19N3O2. The lowest BCUT2D eigenvalue weighted by Gasteiger charge is -2.21. The van der Waals surface area contributed by atoms with Crippen LogP contribution in [0.25, 0.3) is 0 Å². The lowest BCUT2D eigenvalue weighted by molar-refractivity contribution is -0.117. The molecule has 2 fully saturated rings. The molecule has 18 heavy (non-hydrogen) atoms. The highest BCUT2D eigenvalue weighted by atomic mass is 16.5. The zero-order valence-corrected chi connectivity index (χ0v) is 10.5. The molecule has 0 aromatic carbocycles. The van der Waals surface area contributed by atoms with E-state index in [0.29, 0.717) is 5.92 Å². The smallest absolute Gasteiger partial charge is 0.227 e. The van der Waals surface area contributed by atoms with E-state index >= 15 is 0 Å². The van der Waals surface area contributed by atoms with Crippen LogP contribution in [-0.2, 0) is 16.1 Å². The predicted molar refractivity (Wildman–Crippen MR) is 67.1 cm³/mol. The van der Waals surface area contributed by atoms with Gasteiger partial charge in [-0.15, -0.1) is 0 Å². The van der Waals surface area contributed by atoms with Gasteiger partial charge in [-0.2, -0.15) is 5.10 Å². The summed E-state index contributed by atoms with van der Waals surface area (Å²) in [6, 6.07) is 0. The van der Waals surface area contributed by atoms with Crippen molar-refractivity contribution in [2.45, 2.75) is 32.2 Å². The molecule has 1 saturated heterocycles. The molecule has 3 rings (SSSR count). The molecule has 1 aromatic heterocycles. The molecule has 5 heteroatoms. The molecule has 1 N–H and O–H groups in total. The Kier molecular flexibility index (Phi) is 3.32. The highest BCUT2D eigenvalue weighted by Gasteiger charge is 2.29. The third kappa shape index (κ3) is 2.90. The van der Waals surface area contributed by atoms with Gasteiger partial charge in [0.1, 0.15) is 0 Å². The topological polar surface area (TPSA) is 56.2 Å². The number of rotatable bonds is 4. The maximum Gasteiger partial charge on any atom is 0.227 e. The second-order valence-electron chi connectivity index (χ2n) is 5.27. The number of aromatic nitrogens is 2. The summed E-state index contributed by atoms with van der Waals surface area (Å²) in [5.41, 5.74) is 0.818. The molecule has 0 spiro atoms. The zero-order chi connectivity index (χ0) is 12.4. The zero-order valence-electron chi connectivity index (χ0n) is 10.5. The molecule has 0 unspecified atom stereocenters. The van der Waals surface area contributed by atoms with Gasteiger partial charge in [-0.1, -0.05) is 0 Å². The monoisotopic (exact) mass is 249 g/mol. The minimum absolute atomic E-state index is 0.139. The van der Waals surface area contributed by atoms with Gasteiger partial charge in [-0.25, -0.2) is 0 Å². The van der Waals surface area contributed by atoms with E-state index in [4.69, 9.17) is 4.74 Å². The van der Waals surface area contributed by atoms with Crippen LogP contribution in [0.4, 0.5) is 5.69 Å². The number of hydrogen-bond acceptors (Lipinski definition) is 3. The van der Waals surface area contributed by atoms with Crippen LogP contribution in [0.3, 0.4) is 0 Å². The van der Waals surface area contributed by atoms with Gasteiger partial charge in [0.15, 0.2) is 0 Å². The van der Waals surface area contributed by atoms with Gasteiger partial charge in [-0.05, 0) is 31.6 Å². The highest BCUT2D eigenvalue weighted by molar-refractivity contribution is 5.93. The molecule has 98 valence electrons. The third-order valence-corrected chi connectivity index (χ3v) is 3.64. The summed E-state index contributed by atoms with van der Waals surface area (Å²) in [4.78, 5) is 11.6. The van der Waals surface area contributed by atoms with E-state index in [9.17, 15) is 4.79 Å². The Hall–Kier alpha value is -1.36. The molecule has 0 bridgehead atoms. The van der Waals surface area contributed by atoms with Crippen LogP contribution in [0.5, 0.6) is 0 Å². The van der Waals surface area contributed by atoms with Crippen molar-refractivity contribution in [3.05, 3.63) is 12.4 Å². The van der Waals surface area contributed by atoms with Gasteiger partial charge in [0, 0.05) is 31.9 Å². The molecule has 1 amide bonds. The maximum absolute atomic E-state index is 11.6. The van der Waals surface area contributed by atoms with E-state index in [-0.39, 0.29) is 11.8 Å². The molecule has 5 nitrogen and oxygen atoms in total. The number of carbonyl (C=O) groups is 1. The van der Waals surface area contributed by atoms with Crippen LogP contribution in [0, 0.1) is 11.8 Å². The summed E-state index contributed by atoms with van der Waals surface area (Å²) in [5, 5.41) is 7.22. The molecule has 0 radical (unpaired) electrons. The molecule has 0 atom stereocenters. The van der Waals surface area contributed by atoms with Crippen molar-refractivity contribution in [2.75, 3.05) is 18.5 Å². The van der Waals surface area contributed by atoms with Crippen molar-refractivity contribution in [1.29, 1.82) is 0 Å². The third-order valence-electron chi connectivity index (χ3n) is 3.64. The second kappa shape index (κ2) is 5.10. The molecule has 1 saturated carbocycles. The Morgan fingerprint density at radius 3 is 2.89 bits per heavy atom. The first kappa shape index (κ1) is 11.7. The van der Waals surface area contributed by atoms with E-state index in [1.165, 1.54) is 0 Å². The van der Waals surface area contributed by atoms with E-state index in [2.05, 4.69) is 10.4 Å². The second-order valence-corrected chi connectivity index (χ2v) is 5.27. The highest BCUT2D eigenvalue weighted by Crippen LogP contribution is 2.30. The van der Waals surface area contributed by atoms with Crippen molar-refractivity contribution in [2.24, 2.45) is 11.8 Å². The van der Waals surface area contributed by atoms with E-state index in [0.717, 1.165) is 51.1 Å². The number of anilines is 1. The average Bonchev–Trinajstić information content (AvgIpc) is 3.15. The van der Waals surface area contributed by atoms with E-state index in [1.807, 2.05) is 10.9 Å². The number of nitrogens with one attached hydrogen (secondary N) is 1. The van der Waals surface area contributed by atoms with E-state index < -0.39 is 0 Å². The van der Waals surface area contributed by atoms with Gasteiger partial charge >= 0.3 is 0 Å². The average molecular weight is 249 g/mol. The van der Waals surface area contributed by atoms with Crippen LogP contribution in [0.2, 0.25) is 0 Å². The van der Waals surface area contributed by atoms with Crippen molar-refractivity contribution < 1.29 is 9.53 Å². The fourth-order valence-electron chi connectivity index (χ4n) is 2.31. The van der Waals surface area contributed by atoms with Crippen LogP contribution < -0.4 is 5.32 Å². The lowest BCUT2D eigenvalue weighted by Crippen LogP contribution is -2.20. The summed E-state index contributed by atoms with van der Waals surface area (Å²) in [6.45, 7) is 2.64. The number of nitrogens with zero attached hydrogens (tertiary/aromatic N) is 2. The van der Waals surface area contributed by atoms with Crippen LogP contribution in [0.15, 0.2) is 12.4 Å². The Morgan fingerprint density at radius 1 is 1.39 bits per heavy atom. The van der Waals surface area contributed by atoms with Crippen molar-refractivity contribution >= 4 is 11.6 Å². The SMILES string of the molecule is O=C(Nc1cnn(CC2CCOCC2)c1)C1CC1. The van der Waals surface area contributed by atoms with Crippen LogP contribution in [0.1, 0.15) is 25.7 Å². The van der Waals surface area contributed by atoms with Crippen molar-refractivity contribution in [1.82, 2.24) is 9.78 Å². The van der Waals surface area contributed by atoms with E-state index in [1.54, 1.807) is 6.20 Å². The van der Waals surface area contributed by atoms with Gasteiger partial charge < -0.3 is 10.1 Å². The summed E-state index contributed by atoms with van der Waals surface area (Å²) < 4.78 is 7.27. The largest absolute Gasteiger partial charge is 0.381 e. The van der Waals surface area contributed by atoms with Crippen molar-refractivity contribution in [3.63, 3.8) is 0 Å². The first-order valence-corrected chi connectivity index (χ1v) is 6.72. The first-order valence-electron chi connectivity index (χ1n) is 6.72. The van der Waals surface area contributed by atoms with Crippen LogP contribution >= 0.6 is 0 Å².